The zero-order valence-corrected chi connectivity index (χ0v) is 27.5. The van der Waals surface area contributed by atoms with Gasteiger partial charge in [-0.25, -0.2) is 0 Å². The number of rotatable bonds is 6. The summed E-state index contributed by atoms with van der Waals surface area (Å²) < 4.78 is 8.67. The van der Waals surface area contributed by atoms with Crippen LogP contribution in [0.2, 0.25) is 0 Å². The van der Waals surface area contributed by atoms with Crippen LogP contribution in [0.1, 0.15) is 63.4 Å². The van der Waals surface area contributed by atoms with Crippen LogP contribution in [0.25, 0.3) is 0 Å². The molecule has 3 aromatic rings. The van der Waals surface area contributed by atoms with Crippen LogP contribution in [0.15, 0.2) is 42.7 Å². The second-order valence-corrected chi connectivity index (χ2v) is 11.7. The van der Waals surface area contributed by atoms with E-state index in [9.17, 15) is 19.2 Å². The molecule has 1 aliphatic carbocycles. The van der Waals surface area contributed by atoms with Gasteiger partial charge in [0.05, 0.1) is 31.5 Å². The quantitative estimate of drug-likeness (QED) is 0.322. The van der Waals surface area contributed by atoms with Crippen LogP contribution in [-0.2, 0) is 45.6 Å². The average molecular weight is 665 g/mol. The van der Waals surface area contributed by atoms with Gasteiger partial charge in [0.1, 0.15) is 0 Å². The second kappa shape index (κ2) is 17.8. The summed E-state index contributed by atoms with van der Waals surface area (Å²) in [7, 11) is 3.38. The number of benzene rings is 1. The zero-order chi connectivity index (χ0) is 34.5. The highest BCUT2D eigenvalue weighted by atomic mass is 16.5. The Labute approximate surface area is 279 Å². The molecule has 0 saturated carbocycles. The Kier molecular flexibility index (Phi) is 13.2. The normalized spacial score (nSPS) is 17.7. The summed E-state index contributed by atoms with van der Waals surface area (Å²) in [6.07, 6.45) is 6.31. The third-order valence-corrected chi connectivity index (χ3v) is 8.35. The monoisotopic (exact) mass is 664 g/mol. The molecular formula is C33H44N8O7. The van der Waals surface area contributed by atoms with Gasteiger partial charge in [0, 0.05) is 70.3 Å². The van der Waals surface area contributed by atoms with Crippen molar-refractivity contribution < 1.29 is 33.8 Å². The number of amides is 4. The molecule has 5 rings (SSSR count). The fraction of sp³-hybridized carbons (Fsp3) is 0.485. The van der Waals surface area contributed by atoms with Gasteiger partial charge in [0.2, 0.25) is 11.8 Å². The van der Waals surface area contributed by atoms with Crippen molar-refractivity contribution in [2.24, 2.45) is 7.05 Å². The maximum atomic E-state index is 13.6. The van der Waals surface area contributed by atoms with Crippen molar-refractivity contribution in [2.45, 2.75) is 51.1 Å². The smallest absolute Gasteiger partial charge is 0.290 e. The first-order chi connectivity index (χ1) is 23.2. The molecule has 0 radical (unpaired) electrons. The molecule has 1 aliphatic heterocycles. The Bertz CT molecular complexity index is 1550. The lowest BCUT2D eigenvalue weighted by molar-refractivity contribution is -0.137. The molecule has 4 amide bonds. The number of hydrogen-bond donors (Lipinski definition) is 3. The predicted molar refractivity (Wildman–Crippen MR) is 174 cm³/mol. The van der Waals surface area contributed by atoms with Gasteiger partial charge in [0.15, 0.2) is 5.69 Å². The number of methoxy groups -OCH3 is 1. The van der Waals surface area contributed by atoms with Crippen LogP contribution in [0.3, 0.4) is 0 Å². The van der Waals surface area contributed by atoms with Crippen molar-refractivity contribution >= 4 is 30.1 Å². The molecule has 48 heavy (non-hydrogen) atoms. The Morgan fingerprint density at radius 1 is 1.12 bits per heavy atom. The van der Waals surface area contributed by atoms with Crippen molar-refractivity contribution in [1.82, 2.24) is 40.0 Å². The molecule has 0 spiro atoms. The van der Waals surface area contributed by atoms with E-state index < -0.39 is 0 Å². The standard InChI is InChI=1S/C32H42N8O5.CH2O2/c1-37-27-12-11-25-18-26(27)30(36-37)31(43)33-13-7-15-38(14-6-10-29(42)39(16-17-45-2)22-28(41)35-25)32(44)24-19-34-40(21-24)20-23-8-4-3-5-9-23;2-1-3/h3-5,8-9,19,21,25H,6-7,10-18,20,22H2,1-2H3,(H,33,43)(H,35,41);1H,(H,2,3). The average Bonchev–Trinajstić information content (AvgIpc) is 3.68. The van der Waals surface area contributed by atoms with Gasteiger partial charge >= 0.3 is 0 Å². The minimum absolute atomic E-state index is 0.0881. The first kappa shape index (κ1) is 35.8. The summed E-state index contributed by atoms with van der Waals surface area (Å²) in [5.74, 6) is -0.883. The minimum atomic E-state index is -0.267. The van der Waals surface area contributed by atoms with E-state index in [0.717, 1.165) is 23.2 Å². The van der Waals surface area contributed by atoms with Crippen LogP contribution in [0, 0.1) is 0 Å². The van der Waals surface area contributed by atoms with Crippen molar-refractivity contribution in [2.75, 3.05) is 46.4 Å². The van der Waals surface area contributed by atoms with Gasteiger partial charge in [0.25, 0.3) is 18.3 Å². The number of fused-ring (bicyclic) bond motifs is 1. The van der Waals surface area contributed by atoms with Crippen LogP contribution < -0.4 is 10.6 Å². The molecule has 15 nitrogen and oxygen atoms in total. The lowest BCUT2D eigenvalue weighted by Crippen LogP contribution is -2.47. The summed E-state index contributed by atoms with van der Waals surface area (Å²) in [4.78, 5) is 64.7. The van der Waals surface area contributed by atoms with Gasteiger partial charge in [-0.2, -0.15) is 10.2 Å². The van der Waals surface area contributed by atoms with Crippen LogP contribution >= 0.6 is 0 Å². The van der Waals surface area contributed by atoms with Crippen molar-refractivity contribution in [1.29, 1.82) is 0 Å². The number of carbonyl (C=O) groups is 5. The third-order valence-electron chi connectivity index (χ3n) is 8.35. The van der Waals surface area contributed by atoms with Gasteiger partial charge in [-0.15, -0.1) is 0 Å². The summed E-state index contributed by atoms with van der Waals surface area (Å²) >= 11 is 0. The van der Waals surface area contributed by atoms with E-state index in [1.54, 1.807) is 33.8 Å². The van der Waals surface area contributed by atoms with E-state index in [0.29, 0.717) is 69.7 Å². The number of carbonyl (C=O) groups excluding carboxylic acids is 4. The van der Waals surface area contributed by atoms with Crippen molar-refractivity contribution in [3.8, 4) is 0 Å². The summed E-state index contributed by atoms with van der Waals surface area (Å²) in [6.45, 7) is 1.86. The van der Waals surface area contributed by atoms with Gasteiger partial charge in [-0.3, -0.25) is 33.3 Å². The first-order valence-corrected chi connectivity index (χ1v) is 16.1. The molecule has 1 unspecified atom stereocenters. The van der Waals surface area contributed by atoms with E-state index in [-0.39, 0.29) is 55.7 Å². The van der Waals surface area contributed by atoms with E-state index in [1.807, 2.05) is 37.4 Å². The Morgan fingerprint density at radius 3 is 2.62 bits per heavy atom. The number of carboxylic acid groups (broad SMARTS) is 1. The Hall–Kier alpha value is -5.05. The molecule has 1 aromatic carbocycles. The molecule has 1 atom stereocenters. The SMILES string of the molecule is COCCN1CC(=O)NC2CCc3c(c(nn3C)C(=O)NCCCN(C(=O)c3cnn(Cc4ccccc4)c3)CCCC1=O)C2.O=CO. The van der Waals surface area contributed by atoms with E-state index >= 15 is 0 Å². The predicted octanol–water partition coefficient (Wildman–Crippen LogP) is 0.870. The van der Waals surface area contributed by atoms with Crippen LogP contribution in [0.4, 0.5) is 0 Å². The highest BCUT2D eigenvalue weighted by molar-refractivity contribution is 5.94. The lowest BCUT2D eigenvalue weighted by Gasteiger charge is -2.27. The number of aromatic nitrogens is 4. The lowest BCUT2D eigenvalue weighted by atomic mass is 9.91. The number of aryl methyl sites for hydroxylation is 1. The maximum absolute atomic E-state index is 13.6. The van der Waals surface area contributed by atoms with Crippen LogP contribution in [0.5, 0.6) is 0 Å². The molecule has 258 valence electrons. The van der Waals surface area contributed by atoms with E-state index in [4.69, 9.17) is 14.6 Å². The minimum Gasteiger partial charge on any atom is -0.483 e. The highest BCUT2D eigenvalue weighted by Gasteiger charge is 2.30. The van der Waals surface area contributed by atoms with Crippen molar-refractivity contribution in [3.05, 3.63) is 70.8 Å². The van der Waals surface area contributed by atoms with Crippen LogP contribution in [-0.4, -0.2) is 117 Å². The summed E-state index contributed by atoms with van der Waals surface area (Å²) in [5, 5.41) is 21.8. The number of nitrogens with zero attached hydrogens (tertiary/aromatic N) is 6. The molecular weight excluding hydrogens is 620 g/mol. The fourth-order valence-electron chi connectivity index (χ4n) is 6.00. The molecule has 2 aliphatic rings. The highest BCUT2D eigenvalue weighted by Crippen LogP contribution is 2.24. The Morgan fingerprint density at radius 2 is 1.88 bits per heavy atom. The Balaban J connectivity index is 0.00000167. The van der Waals surface area contributed by atoms with Gasteiger partial charge < -0.3 is 30.3 Å². The molecule has 3 N–H and O–H groups in total. The second-order valence-electron chi connectivity index (χ2n) is 11.7. The maximum Gasteiger partial charge on any atom is 0.290 e. The van der Waals surface area contributed by atoms with E-state index in [1.165, 1.54) is 4.90 Å². The molecule has 15 heteroatoms. The fourth-order valence-corrected chi connectivity index (χ4v) is 6.00. The molecule has 2 aromatic heterocycles. The first-order valence-electron chi connectivity index (χ1n) is 16.1. The zero-order valence-electron chi connectivity index (χ0n) is 27.5. The van der Waals surface area contributed by atoms with E-state index in [2.05, 4.69) is 20.8 Å². The molecule has 0 saturated heterocycles. The summed E-state index contributed by atoms with van der Waals surface area (Å²) in [6, 6.07) is 9.72. The number of hydrogen-bond acceptors (Lipinski definition) is 8. The molecule has 0 fully saturated rings. The van der Waals surface area contributed by atoms with Gasteiger partial charge in [-0.1, -0.05) is 30.3 Å². The largest absolute Gasteiger partial charge is 0.483 e. The molecule has 2 bridgehead atoms. The third kappa shape index (κ3) is 9.73. The topological polar surface area (TPSA) is 181 Å². The van der Waals surface area contributed by atoms with Crippen molar-refractivity contribution in [3.63, 3.8) is 0 Å². The molecule has 3 heterocycles. The van der Waals surface area contributed by atoms with Gasteiger partial charge in [-0.05, 0) is 37.7 Å². The summed E-state index contributed by atoms with van der Waals surface area (Å²) in [5.41, 5.74) is 3.72. The number of nitrogens with one attached hydrogen (secondary N) is 2. The number of ether oxygens (including phenoxy) is 1.